The van der Waals surface area contributed by atoms with Crippen LogP contribution in [0.15, 0.2) is 22.7 Å². The molecule has 0 radical (unpaired) electrons. The molecule has 1 aliphatic rings. The molecule has 0 spiro atoms. The van der Waals surface area contributed by atoms with Crippen molar-refractivity contribution < 1.29 is 19.4 Å². The molecule has 2 rings (SSSR count). The number of hydrogen-bond donors (Lipinski definition) is 1. The topological polar surface area (TPSA) is 66.8 Å². The van der Waals surface area contributed by atoms with E-state index < -0.39 is 12.1 Å². The maximum Gasteiger partial charge on any atom is 0.334 e. The Morgan fingerprint density at radius 3 is 2.70 bits per heavy atom. The molecule has 1 saturated heterocycles. The Hall–Kier alpha value is -1.40. The second-order valence-corrected chi connectivity index (χ2v) is 5.86. The summed E-state index contributed by atoms with van der Waals surface area (Å²) in [6, 6.07) is 5.42. The van der Waals surface area contributed by atoms with E-state index in [9.17, 15) is 9.59 Å². The number of nitrogens with zero attached hydrogens (tertiary/aromatic N) is 1. The predicted octanol–water partition coefficient (Wildman–Crippen LogP) is 2.07. The van der Waals surface area contributed by atoms with E-state index in [2.05, 4.69) is 15.9 Å². The zero-order valence-corrected chi connectivity index (χ0v) is 12.9. The predicted molar refractivity (Wildman–Crippen MR) is 76.8 cm³/mol. The molecule has 0 aliphatic carbocycles. The van der Waals surface area contributed by atoms with Crippen LogP contribution >= 0.6 is 15.9 Å². The van der Waals surface area contributed by atoms with Crippen LogP contribution in [0, 0.1) is 6.92 Å². The highest BCUT2D eigenvalue weighted by Gasteiger charge is 2.33. The smallest absolute Gasteiger partial charge is 0.334 e. The van der Waals surface area contributed by atoms with Crippen molar-refractivity contribution in [1.29, 1.82) is 0 Å². The van der Waals surface area contributed by atoms with Crippen LogP contribution in [0.25, 0.3) is 0 Å². The molecule has 0 bridgehead atoms. The van der Waals surface area contributed by atoms with E-state index in [4.69, 9.17) is 9.84 Å². The van der Waals surface area contributed by atoms with Gasteiger partial charge in [-0.25, -0.2) is 4.79 Å². The van der Waals surface area contributed by atoms with Crippen LogP contribution in [0.4, 0.5) is 0 Å². The largest absolute Gasteiger partial charge is 0.479 e. The third-order valence-electron chi connectivity index (χ3n) is 3.24. The van der Waals surface area contributed by atoms with Gasteiger partial charge in [0.2, 0.25) is 0 Å². The number of ether oxygens (including phenoxy) is 1. The van der Waals surface area contributed by atoms with Crippen LogP contribution in [-0.2, 0) is 9.53 Å². The molecule has 0 aromatic heterocycles. The van der Waals surface area contributed by atoms with Crippen molar-refractivity contribution in [2.45, 2.75) is 26.1 Å². The third kappa shape index (κ3) is 3.19. The van der Waals surface area contributed by atoms with Crippen molar-refractivity contribution in [3.8, 4) is 0 Å². The summed E-state index contributed by atoms with van der Waals surface area (Å²) in [5.41, 5.74) is 1.45. The van der Waals surface area contributed by atoms with Gasteiger partial charge in [-0.1, -0.05) is 15.9 Å². The molecule has 1 aliphatic heterocycles. The second kappa shape index (κ2) is 5.93. The molecular weight excluding hydrogens is 326 g/mol. The first-order valence-corrected chi connectivity index (χ1v) is 7.11. The number of morpholine rings is 1. The minimum absolute atomic E-state index is 0.0774. The number of carboxylic acid groups (broad SMARTS) is 1. The Kier molecular flexibility index (Phi) is 4.45. The second-order valence-electron chi connectivity index (χ2n) is 4.94. The Labute approximate surface area is 125 Å². The lowest BCUT2D eigenvalue weighted by Crippen LogP contribution is -2.51. The summed E-state index contributed by atoms with van der Waals surface area (Å²) in [5.74, 6) is -1.20. The highest BCUT2D eigenvalue weighted by atomic mass is 79.9. The first-order valence-electron chi connectivity index (χ1n) is 6.32. The average Bonchev–Trinajstić information content (AvgIpc) is 2.37. The SMILES string of the molecule is Cc1cc(Br)ccc1C(=O)N1CC(C(=O)O)O[C@H](C)C1. The van der Waals surface area contributed by atoms with Crippen molar-refractivity contribution in [2.24, 2.45) is 0 Å². The summed E-state index contributed by atoms with van der Waals surface area (Å²) in [7, 11) is 0. The van der Waals surface area contributed by atoms with E-state index in [1.807, 2.05) is 13.0 Å². The van der Waals surface area contributed by atoms with Crippen LogP contribution in [0.3, 0.4) is 0 Å². The minimum atomic E-state index is -1.04. The first kappa shape index (κ1) is 15.0. The van der Waals surface area contributed by atoms with E-state index in [0.29, 0.717) is 12.1 Å². The van der Waals surface area contributed by atoms with Crippen molar-refractivity contribution in [3.05, 3.63) is 33.8 Å². The highest BCUT2D eigenvalue weighted by molar-refractivity contribution is 9.10. The summed E-state index contributed by atoms with van der Waals surface area (Å²) >= 11 is 3.36. The van der Waals surface area contributed by atoms with Gasteiger partial charge in [-0.05, 0) is 37.6 Å². The number of aliphatic carboxylic acids is 1. The standard InChI is InChI=1S/C14H16BrNO4/c1-8-5-10(15)3-4-11(8)13(17)16-6-9(2)20-12(7-16)14(18)19/h3-5,9,12H,6-7H2,1-2H3,(H,18,19)/t9-,12?/m1/s1. The van der Waals surface area contributed by atoms with E-state index in [1.54, 1.807) is 24.0 Å². The number of hydrogen-bond acceptors (Lipinski definition) is 3. The van der Waals surface area contributed by atoms with Gasteiger partial charge >= 0.3 is 5.97 Å². The van der Waals surface area contributed by atoms with Crippen LogP contribution < -0.4 is 0 Å². The van der Waals surface area contributed by atoms with Crippen LogP contribution in [0.5, 0.6) is 0 Å². The lowest BCUT2D eigenvalue weighted by Gasteiger charge is -2.35. The number of carboxylic acids is 1. The number of benzene rings is 1. The molecule has 108 valence electrons. The molecule has 1 aromatic rings. The molecule has 1 unspecified atom stereocenters. The molecule has 1 fully saturated rings. The lowest BCUT2D eigenvalue weighted by atomic mass is 10.1. The molecule has 1 heterocycles. The van der Waals surface area contributed by atoms with Crippen molar-refractivity contribution >= 4 is 27.8 Å². The fourth-order valence-corrected chi connectivity index (χ4v) is 2.77. The molecule has 0 saturated carbocycles. The first-order chi connectivity index (χ1) is 9.38. The van der Waals surface area contributed by atoms with Gasteiger partial charge in [0, 0.05) is 16.6 Å². The van der Waals surface area contributed by atoms with E-state index in [-0.39, 0.29) is 18.6 Å². The van der Waals surface area contributed by atoms with Gasteiger partial charge in [0.1, 0.15) is 0 Å². The number of aryl methyl sites for hydroxylation is 1. The average molecular weight is 342 g/mol. The zero-order chi connectivity index (χ0) is 14.9. The van der Waals surface area contributed by atoms with E-state index in [1.165, 1.54) is 0 Å². The summed E-state index contributed by atoms with van der Waals surface area (Å²) in [4.78, 5) is 25.1. The van der Waals surface area contributed by atoms with Crippen molar-refractivity contribution in [1.82, 2.24) is 4.90 Å². The monoisotopic (exact) mass is 341 g/mol. The van der Waals surface area contributed by atoms with E-state index >= 15 is 0 Å². The summed E-state index contributed by atoms with van der Waals surface area (Å²) in [5, 5.41) is 9.05. The summed E-state index contributed by atoms with van der Waals surface area (Å²) < 4.78 is 6.22. The number of amides is 1. The normalized spacial score (nSPS) is 22.6. The lowest BCUT2D eigenvalue weighted by molar-refractivity contribution is -0.160. The van der Waals surface area contributed by atoms with Gasteiger partial charge in [-0.3, -0.25) is 4.79 Å². The summed E-state index contributed by atoms with van der Waals surface area (Å²) in [6.45, 7) is 4.10. The summed E-state index contributed by atoms with van der Waals surface area (Å²) in [6.07, 6.45) is -1.25. The molecule has 5 nitrogen and oxygen atoms in total. The maximum atomic E-state index is 12.5. The van der Waals surface area contributed by atoms with Crippen LogP contribution in [0.2, 0.25) is 0 Å². The molecule has 20 heavy (non-hydrogen) atoms. The maximum absolute atomic E-state index is 12.5. The molecule has 2 atom stereocenters. The van der Waals surface area contributed by atoms with Gasteiger partial charge in [-0.2, -0.15) is 0 Å². The van der Waals surface area contributed by atoms with Crippen LogP contribution in [-0.4, -0.2) is 47.2 Å². The van der Waals surface area contributed by atoms with Crippen molar-refractivity contribution in [2.75, 3.05) is 13.1 Å². The fourth-order valence-electron chi connectivity index (χ4n) is 2.29. The zero-order valence-electron chi connectivity index (χ0n) is 11.3. The molecule has 1 N–H and O–H groups in total. The molecule has 1 amide bonds. The minimum Gasteiger partial charge on any atom is -0.479 e. The number of carbonyl (C=O) groups is 2. The number of rotatable bonds is 2. The Bertz CT molecular complexity index is 546. The fraction of sp³-hybridized carbons (Fsp3) is 0.429. The highest BCUT2D eigenvalue weighted by Crippen LogP contribution is 2.20. The third-order valence-corrected chi connectivity index (χ3v) is 3.74. The number of carbonyl (C=O) groups excluding carboxylic acids is 1. The van der Waals surface area contributed by atoms with Crippen molar-refractivity contribution in [3.63, 3.8) is 0 Å². The Balaban J connectivity index is 2.21. The van der Waals surface area contributed by atoms with Gasteiger partial charge in [0.25, 0.3) is 5.91 Å². The Morgan fingerprint density at radius 2 is 2.10 bits per heavy atom. The Morgan fingerprint density at radius 1 is 1.40 bits per heavy atom. The molecule has 6 heteroatoms. The van der Waals surface area contributed by atoms with Gasteiger partial charge in [0.05, 0.1) is 12.6 Å². The quantitative estimate of drug-likeness (QED) is 0.894. The van der Waals surface area contributed by atoms with Gasteiger partial charge < -0.3 is 14.7 Å². The van der Waals surface area contributed by atoms with Gasteiger partial charge in [-0.15, -0.1) is 0 Å². The van der Waals surface area contributed by atoms with Crippen LogP contribution in [0.1, 0.15) is 22.8 Å². The molecular formula is C14H16BrNO4. The van der Waals surface area contributed by atoms with E-state index in [0.717, 1.165) is 10.0 Å². The number of halogens is 1. The molecule has 1 aromatic carbocycles. The van der Waals surface area contributed by atoms with Gasteiger partial charge in [0.15, 0.2) is 6.10 Å².